The fourth-order valence-corrected chi connectivity index (χ4v) is 5.31. The molecule has 1 heterocycles. The van der Waals surface area contributed by atoms with Crippen LogP contribution in [0, 0.1) is 7.11 Å². The van der Waals surface area contributed by atoms with E-state index in [0.29, 0.717) is 24.3 Å². The maximum atomic E-state index is 12.7. The minimum absolute atomic E-state index is 0. The second-order valence-corrected chi connectivity index (χ2v) is 9.60. The molecule has 1 fully saturated rings. The van der Waals surface area contributed by atoms with Crippen LogP contribution in [0.2, 0.25) is 0 Å². The Balaban J connectivity index is 0.00000280. The van der Waals surface area contributed by atoms with Crippen molar-refractivity contribution >= 4 is 15.7 Å². The second kappa shape index (κ2) is 9.25. The van der Waals surface area contributed by atoms with Crippen molar-refractivity contribution in [3.63, 3.8) is 0 Å². The molecule has 5 nitrogen and oxygen atoms in total. The fraction of sp³-hybridized carbons (Fsp3) is 0.381. The molecule has 0 aromatic heterocycles. The van der Waals surface area contributed by atoms with E-state index in [0.717, 1.165) is 11.1 Å². The zero-order valence-electron chi connectivity index (χ0n) is 16.3. The Morgan fingerprint density at radius 2 is 1.89 bits per heavy atom. The molecule has 1 aliphatic rings. The van der Waals surface area contributed by atoms with E-state index in [1.165, 1.54) is 0 Å². The van der Waals surface area contributed by atoms with Gasteiger partial charge in [0.05, 0.1) is 29.8 Å². The van der Waals surface area contributed by atoms with Crippen molar-refractivity contribution in [1.82, 2.24) is 0 Å². The van der Waals surface area contributed by atoms with E-state index in [1.54, 1.807) is 4.31 Å². The number of hydrogen-bond donors (Lipinski definition) is 1. The molecule has 0 bridgehead atoms. The normalized spacial score (nSPS) is 18.6. The Morgan fingerprint density at radius 1 is 1.21 bits per heavy atom. The molecule has 0 aliphatic carbocycles. The van der Waals surface area contributed by atoms with Crippen LogP contribution in [0.15, 0.2) is 48.5 Å². The number of hydrogen-bond acceptors (Lipinski definition) is 4. The number of rotatable bonds is 6. The molecule has 0 amide bonds. The summed E-state index contributed by atoms with van der Waals surface area (Å²) in [6.45, 7) is 3.94. The van der Waals surface area contributed by atoms with Gasteiger partial charge in [0, 0.05) is 38.1 Å². The van der Waals surface area contributed by atoms with Gasteiger partial charge >= 0.3 is 0 Å². The molecule has 1 unspecified atom stereocenters. The van der Waals surface area contributed by atoms with Crippen LogP contribution >= 0.6 is 0 Å². The zero-order chi connectivity index (χ0) is 19.7. The minimum Gasteiger partial charge on any atom is -0.665 e. The molecule has 1 atom stereocenters. The van der Waals surface area contributed by atoms with Gasteiger partial charge in [-0.15, -0.1) is 0 Å². The summed E-state index contributed by atoms with van der Waals surface area (Å²) in [6.07, 6.45) is 1.20. The third-order valence-corrected chi connectivity index (χ3v) is 7.04. The first-order chi connectivity index (χ1) is 12.8. The average molecular weight is 477 g/mol. The Kier molecular flexibility index (Phi) is 7.71. The van der Waals surface area contributed by atoms with Gasteiger partial charge in [-0.3, -0.25) is 4.31 Å². The Bertz CT molecular complexity index is 897. The van der Waals surface area contributed by atoms with Crippen LogP contribution in [0.25, 0.3) is 0 Å². The van der Waals surface area contributed by atoms with E-state index in [1.807, 2.05) is 62.4 Å². The quantitative estimate of drug-likeness (QED) is 0.649. The fourth-order valence-electron chi connectivity index (χ4n) is 3.47. The molecule has 2 aromatic rings. The molecular formula is C21H26NO4SY-. The van der Waals surface area contributed by atoms with Gasteiger partial charge in [0.25, 0.3) is 0 Å². The maximum Gasteiger partial charge on any atom is 0.235 e. The van der Waals surface area contributed by atoms with Crippen molar-refractivity contribution in [2.24, 2.45) is 0 Å². The van der Waals surface area contributed by atoms with Crippen molar-refractivity contribution in [2.75, 3.05) is 16.7 Å². The van der Waals surface area contributed by atoms with Gasteiger partial charge in [-0.2, -0.15) is 7.11 Å². The number of aliphatic hydroxyl groups is 1. The van der Waals surface area contributed by atoms with E-state index in [2.05, 4.69) is 7.11 Å². The standard InChI is InChI=1S/C21H26NO4S.Y/c1-21(2,15-23)17-7-9-18(10-8-17)22-19(11-12-27(22,24)25)13-16-5-4-6-20(14-16)26-3;/h4-10,14,19,23H,3,11-13,15H2,1-2H3;/q-1;. The molecule has 1 saturated heterocycles. The van der Waals surface area contributed by atoms with Crippen LogP contribution in [0.4, 0.5) is 5.69 Å². The summed E-state index contributed by atoms with van der Waals surface area (Å²) in [5, 5.41) is 9.54. The van der Waals surface area contributed by atoms with Crippen molar-refractivity contribution in [2.45, 2.75) is 38.1 Å². The Morgan fingerprint density at radius 3 is 2.50 bits per heavy atom. The topological polar surface area (TPSA) is 66.8 Å². The summed E-state index contributed by atoms with van der Waals surface area (Å²) < 4.78 is 31.9. The van der Waals surface area contributed by atoms with E-state index in [4.69, 9.17) is 4.74 Å². The molecule has 3 rings (SSSR count). The van der Waals surface area contributed by atoms with E-state index in [9.17, 15) is 13.5 Å². The molecule has 1 aliphatic heterocycles. The van der Waals surface area contributed by atoms with Gasteiger partial charge < -0.3 is 9.84 Å². The predicted molar refractivity (Wildman–Crippen MR) is 107 cm³/mol. The van der Waals surface area contributed by atoms with Gasteiger partial charge in [-0.1, -0.05) is 38.1 Å². The molecule has 28 heavy (non-hydrogen) atoms. The van der Waals surface area contributed by atoms with E-state index < -0.39 is 10.0 Å². The van der Waals surface area contributed by atoms with Gasteiger partial charge in [-0.05, 0) is 48.2 Å². The molecule has 7 heteroatoms. The van der Waals surface area contributed by atoms with Gasteiger partial charge in [-0.25, -0.2) is 8.42 Å². The third kappa shape index (κ3) is 4.96. The summed E-state index contributed by atoms with van der Waals surface area (Å²) in [5.74, 6) is 0.808. The number of aliphatic hydroxyl groups excluding tert-OH is 1. The number of ether oxygens (including phenoxy) is 1. The average Bonchev–Trinajstić information content (AvgIpc) is 2.96. The summed E-state index contributed by atoms with van der Waals surface area (Å²) >= 11 is 0. The molecule has 2 aromatic carbocycles. The van der Waals surface area contributed by atoms with Crippen molar-refractivity contribution in [3.8, 4) is 5.75 Å². The Hall–Kier alpha value is -0.946. The smallest absolute Gasteiger partial charge is 0.235 e. The summed E-state index contributed by atoms with van der Waals surface area (Å²) in [5.41, 5.74) is 2.29. The first-order valence-electron chi connectivity index (χ1n) is 9.01. The van der Waals surface area contributed by atoms with Crippen molar-refractivity contribution in [3.05, 3.63) is 66.8 Å². The number of anilines is 1. The zero-order valence-corrected chi connectivity index (χ0v) is 20.0. The van der Waals surface area contributed by atoms with Crippen LogP contribution in [0.1, 0.15) is 31.4 Å². The largest absolute Gasteiger partial charge is 0.665 e. The third-order valence-electron chi connectivity index (χ3n) is 5.18. The van der Waals surface area contributed by atoms with Gasteiger partial charge in [0.15, 0.2) is 0 Å². The number of sulfonamides is 1. The van der Waals surface area contributed by atoms with Gasteiger partial charge in [0.1, 0.15) is 0 Å². The minimum atomic E-state index is -3.34. The number of benzene rings is 2. The molecule has 1 radical (unpaired) electrons. The van der Waals surface area contributed by atoms with E-state index in [-0.39, 0.29) is 56.5 Å². The summed E-state index contributed by atoms with van der Waals surface area (Å²) in [7, 11) is 0.0867. The van der Waals surface area contributed by atoms with Gasteiger partial charge in [0.2, 0.25) is 10.0 Å². The first-order valence-corrected chi connectivity index (χ1v) is 10.6. The maximum absolute atomic E-state index is 12.7. The molecule has 1 N–H and O–H groups in total. The van der Waals surface area contributed by atoms with Crippen molar-refractivity contribution < 1.29 is 51.0 Å². The van der Waals surface area contributed by atoms with E-state index >= 15 is 0 Å². The predicted octanol–water partition coefficient (Wildman–Crippen LogP) is 3.28. The molecular weight excluding hydrogens is 451 g/mol. The Labute approximate surface area is 193 Å². The summed E-state index contributed by atoms with van der Waals surface area (Å²) in [4.78, 5) is 0. The van der Waals surface area contributed by atoms with Crippen LogP contribution in [-0.4, -0.2) is 31.9 Å². The molecule has 0 saturated carbocycles. The first kappa shape index (κ1) is 23.3. The monoisotopic (exact) mass is 477 g/mol. The molecule has 0 spiro atoms. The second-order valence-electron chi connectivity index (χ2n) is 7.64. The van der Waals surface area contributed by atoms with Crippen LogP contribution in [0.5, 0.6) is 5.75 Å². The van der Waals surface area contributed by atoms with Crippen LogP contribution in [-0.2, 0) is 54.6 Å². The molecule has 149 valence electrons. The SMILES string of the molecule is [CH2-]Oc1cccc(CC2CCS(=O)(=O)N2c2ccc(C(C)(C)CO)cc2)c1.[Y]. The van der Waals surface area contributed by atoms with Crippen molar-refractivity contribution in [1.29, 1.82) is 0 Å². The number of nitrogens with zero attached hydrogens (tertiary/aromatic N) is 1. The summed E-state index contributed by atoms with van der Waals surface area (Å²) in [6, 6.07) is 14.9. The van der Waals surface area contributed by atoms with Crippen LogP contribution in [0.3, 0.4) is 0 Å². The van der Waals surface area contributed by atoms with Crippen LogP contribution < -0.4 is 9.04 Å².